The monoisotopic (exact) mass is 493 g/mol. The van der Waals surface area contributed by atoms with Crippen LogP contribution < -0.4 is 5.32 Å². The highest BCUT2D eigenvalue weighted by atomic mass is 35.5. The number of fused-ring (bicyclic) bond motifs is 1. The van der Waals surface area contributed by atoms with Gasteiger partial charge in [-0.15, -0.1) is 0 Å². The summed E-state index contributed by atoms with van der Waals surface area (Å²) in [6.07, 6.45) is 5.32. The van der Waals surface area contributed by atoms with Crippen LogP contribution in [-0.4, -0.2) is 52.6 Å². The first-order chi connectivity index (χ1) is 15.8. The molecule has 0 radical (unpaired) electrons. The van der Waals surface area contributed by atoms with Crippen molar-refractivity contribution in [1.29, 1.82) is 0 Å². The first-order valence-corrected chi connectivity index (χ1v) is 12.0. The Morgan fingerprint density at radius 2 is 1.73 bits per heavy atom. The van der Waals surface area contributed by atoms with Crippen molar-refractivity contribution in [3.8, 4) is 0 Å². The van der Waals surface area contributed by atoms with Gasteiger partial charge in [-0.1, -0.05) is 48.3 Å². The Kier molecular flexibility index (Phi) is 8.54. The molecule has 9 heteroatoms. The second kappa shape index (κ2) is 11.2. The lowest BCUT2D eigenvalue weighted by atomic mass is 9.85. The molecule has 4 amide bonds. The number of rotatable bonds is 9. The van der Waals surface area contributed by atoms with E-state index in [1.54, 1.807) is 18.2 Å². The van der Waals surface area contributed by atoms with Gasteiger partial charge in [0, 0.05) is 26.1 Å². The molecule has 1 saturated heterocycles. The van der Waals surface area contributed by atoms with E-state index in [4.69, 9.17) is 23.2 Å². The zero-order chi connectivity index (χ0) is 24.1. The van der Waals surface area contributed by atoms with E-state index in [9.17, 15) is 19.2 Å². The third-order valence-corrected chi connectivity index (χ3v) is 6.96. The molecule has 0 aromatic heterocycles. The largest absolute Gasteiger partial charge is 0.355 e. The van der Waals surface area contributed by atoms with Crippen molar-refractivity contribution < 1.29 is 19.2 Å². The molecule has 2 aliphatic rings. The fourth-order valence-corrected chi connectivity index (χ4v) is 4.81. The molecular formula is C24H29Cl2N3O4. The Balaban J connectivity index is 1.76. The van der Waals surface area contributed by atoms with Crippen LogP contribution in [0.5, 0.6) is 0 Å². The number of benzene rings is 1. The Labute approximate surface area is 204 Å². The second-order valence-electron chi connectivity index (χ2n) is 8.32. The number of hydrogen-bond acceptors (Lipinski definition) is 4. The number of amides is 4. The highest BCUT2D eigenvalue weighted by Crippen LogP contribution is 2.35. The van der Waals surface area contributed by atoms with Crippen LogP contribution in [0.1, 0.15) is 45.1 Å². The number of nitrogens with zero attached hydrogens (tertiary/aromatic N) is 2. The van der Waals surface area contributed by atoms with Crippen molar-refractivity contribution in [2.24, 2.45) is 11.8 Å². The van der Waals surface area contributed by atoms with Crippen LogP contribution in [0.25, 0.3) is 0 Å². The van der Waals surface area contributed by atoms with Gasteiger partial charge in [-0.2, -0.15) is 0 Å². The number of hydrogen-bond donors (Lipinski definition) is 1. The van der Waals surface area contributed by atoms with E-state index in [1.807, 2.05) is 26.0 Å². The number of carbonyl (C=O) groups is 4. The fourth-order valence-electron chi connectivity index (χ4n) is 4.49. The van der Waals surface area contributed by atoms with Gasteiger partial charge in [0.15, 0.2) is 0 Å². The number of carbonyl (C=O) groups excluding carboxylic acids is 4. The highest BCUT2D eigenvalue weighted by Gasteiger charge is 2.47. The predicted molar refractivity (Wildman–Crippen MR) is 126 cm³/mol. The van der Waals surface area contributed by atoms with E-state index in [2.05, 4.69) is 5.32 Å². The minimum absolute atomic E-state index is 0.00715. The Hall–Kier alpha value is -2.38. The van der Waals surface area contributed by atoms with Gasteiger partial charge in [-0.05, 0) is 43.9 Å². The standard InChI is InChI=1S/C24H29Cl2N3O4/c1-3-20(22(31)27-4-2)29(14-15-9-10-18(25)19(26)13-15)21(30)11-12-28-23(32)16-7-5-6-8-17(16)24(28)33/h5-6,9-10,13,16-17,20H,3-4,7-8,11-12,14H2,1-2H3,(H,27,31)/t16-,17+,20?. The molecule has 7 nitrogen and oxygen atoms in total. The summed E-state index contributed by atoms with van der Waals surface area (Å²) in [5.41, 5.74) is 0.728. The number of nitrogens with one attached hydrogen (secondary N) is 1. The maximum absolute atomic E-state index is 13.3. The van der Waals surface area contributed by atoms with Gasteiger partial charge in [0.2, 0.25) is 23.6 Å². The van der Waals surface area contributed by atoms with E-state index in [0.717, 1.165) is 5.56 Å². The van der Waals surface area contributed by atoms with Gasteiger partial charge in [0.05, 0.1) is 21.9 Å². The van der Waals surface area contributed by atoms with Gasteiger partial charge in [-0.3, -0.25) is 24.1 Å². The normalized spacial score (nSPS) is 20.5. The maximum atomic E-state index is 13.3. The Morgan fingerprint density at radius 3 is 2.27 bits per heavy atom. The number of likely N-dealkylation sites (tertiary alicyclic amines) is 1. The van der Waals surface area contributed by atoms with E-state index in [1.165, 1.54) is 9.80 Å². The number of allylic oxidation sites excluding steroid dienone is 2. The predicted octanol–water partition coefficient (Wildman–Crippen LogP) is 3.58. The SMILES string of the molecule is CCNC(=O)C(CC)N(Cc1ccc(Cl)c(Cl)c1)C(=O)CCN1C(=O)[C@H]2CC=CC[C@H]2C1=O. The lowest BCUT2D eigenvalue weighted by molar-refractivity contribution is -0.144. The summed E-state index contributed by atoms with van der Waals surface area (Å²) >= 11 is 12.2. The van der Waals surface area contributed by atoms with Gasteiger partial charge in [0.25, 0.3) is 0 Å². The Morgan fingerprint density at radius 1 is 1.09 bits per heavy atom. The molecule has 0 saturated carbocycles. The van der Waals surface area contributed by atoms with Gasteiger partial charge >= 0.3 is 0 Å². The van der Waals surface area contributed by atoms with Crippen LogP contribution in [0.2, 0.25) is 10.0 Å². The van der Waals surface area contributed by atoms with Gasteiger partial charge < -0.3 is 10.2 Å². The van der Waals surface area contributed by atoms with Crippen molar-refractivity contribution in [3.05, 3.63) is 46.0 Å². The Bertz CT molecular complexity index is 939. The number of halogens is 2. The van der Waals surface area contributed by atoms with Crippen LogP contribution in [0.15, 0.2) is 30.4 Å². The van der Waals surface area contributed by atoms with Crippen LogP contribution >= 0.6 is 23.2 Å². The lowest BCUT2D eigenvalue weighted by Gasteiger charge is -2.31. The minimum Gasteiger partial charge on any atom is -0.355 e. The van der Waals surface area contributed by atoms with Crippen molar-refractivity contribution in [3.63, 3.8) is 0 Å². The first-order valence-electron chi connectivity index (χ1n) is 11.3. The van der Waals surface area contributed by atoms with Crippen LogP contribution in [0, 0.1) is 11.8 Å². The van der Waals surface area contributed by atoms with Crippen molar-refractivity contribution in [2.45, 2.75) is 52.1 Å². The molecule has 1 heterocycles. The van der Waals surface area contributed by atoms with Gasteiger partial charge in [-0.25, -0.2) is 0 Å². The summed E-state index contributed by atoms with van der Waals surface area (Å²) in [7, 11) is 0. The lowest BCUT2D eigenvalue weighted by Crippen LogP contribution is -2.49. The molecule has 1 N–H and O–H groups in total. The van der Waals surface area contributed by atoms with Crippen LogP contribution in [0.3, 0.4) is 0 Å². The van der Waals surface area contributed by atoms with Crippen molar-refractivity contribution >= 4 is 46.8 Å². The average Bonchev–Trinajstić information content (AvgIpc) is 3.04. The molecule has 3 atom stereocenters. The van der Waals surface area contributed by atoms with Crippen LogP contribution in [-0.2, 0) is 25.7 Å². The van der Waals surface area contributed by atoms with E-state index >= 15 is 0 Å². The highest BCUT2D eigenvalue weighted by molar-refractivity contribution is 6.42. The second-order valence-corrected chi connectivity index (χ2v) is 9.14. The molecule has 33 heavy (non-hydrogen) atoms. The molecule has 0 spiro atoms. The molecule has 3 rings (SSSR count). The maximum Gasteiger partial charge on any atom is 0.242 e. The molecule has 1 unspecified atom stereocenters. The number of imide groups is 1. The minimum atomic E-state index is -0.691. The van der Waals surface area contributed by atoms with Gasteiger partial charge in [0.1, 0.15) is 6.04 Å². The molecule has 1 aromatic rings. The molecule has 1 aliphatic heterocycles. The third kappa shape index (κ3) is 5.58. The zero-order valence-corrected chi connectivity index (χ0v) is 20.4. The third-order valence-electron chi connectivity index (χ3n) is 6.22. The summed E-state index contributed by atoms with van der Waals surface area (Å²) in [5, 5.41) is 3.54. The first kappa shape index (κ1) is 25.2. The molecule has 1 aliphatic carbocycles. The molecule has 1 aromatic carbocycles. The summed E-state index contributed by atoms with van der Waals surface area (Å²) < 4.78 is 0. The summed E-state index contributed by atoms with van der Waals surface area (Å²) in [4.78, 5) is 54.2. The van der Waals surface area contributed by atoms with Crippen molar-refractivity contribution in [2.75, 3.05) is 13.1 Å². The van der Waals surface area contributed by atoms with Crippen LogP contribution in [0.4, 0.5) is 0 Å². The van der Waals surface area contributed by atoms with E-state index < -0.39 is 6.04 Å². The summed E-state index contributed by atoms with van der Waals surface area (Å²) in [6, 6.07) is 4.37. The number of likely N-dealkylation sites (N-methyl/N-ethyl adjacent to an activating group) is 1. The zero-order valence-electron chi connectivity index (χ0n) is 18.9. The molecule has 178 valence electrons. The molecular weight excluding hydrogens is 465 g/mol. The average molecular weight is 494 g/mol. The topological polar surface area (TPSA) is 86.8 Å². The quantitative estimate of drug-likeness (QED) is 0.420. The molecule has 1 fully saturated rings. The summed E-state index contributed by atoms with van der Waals surface area (Å²) in [5.74, 6) is -1.65. The smallest absolute Gasteiger partial charge is 0.242 e. The summed E-state index contributed by atoms with van der Waals surface area (Å²) in [6.45, 7) is 4.25. The fraction of sp³-hybridized carbons (Fsp3) is 0.500. The van der Waals surface area contributed by atoms with Crippen molar-refractivity contribution in [1.82, 2.24) is 15.1 Å². The van der Waals surface area contributed by atoms with E-state index in [0.29, 0.717) is 35.9 Å². The van der Waals surface area contributed by atoms with E-state index in [-0.39, 0.29) is 55.0 Å². The molecule has 0 bridgehead atoms.